The molecule has 0 aliphatic carbocycles. The third-order valence-corrected chi connectivity index (χ3v) is 16.0. The molecule has 0 bridgehead atoms. The predicted octanol–water partition coefficient (Wildman–Crippen LogP) is 20.2. The highest BCUT2D eigenvalue weighted by Crippen LogP contribution is 2.32. The first-order chi connectivity index (χ1) is 40.6. The van der Waals surface area contributed by atoms with Crippen molar-refractivity contribution >= 4 is 23.8 Å². The van der Waals surface area contributed by atoms with Gasteiger partial charge in [0.2, 0.25) is 11.8 Å². The summed E-state index contributed by atoms with van der Waals surface area (Å²) in [5.74, 6) is -0.0699. The minimum atomic E-state index is -1.26. The first-order valence-electron chi connectivity index (χ1n) is 34.8. The van der Waals surface area contributed by atoms with Crippen LogP contribution in [-0.4, -0.2) is 85.0 Å². The normalized spacial score (nSPS) is 12.5. The zero-order valence-corrected chi connectivity index (χ0v) is 55.4. The van der Waals surface area contributed by atoms with E-state index in [9.17, 15) is 9.59 Å². The van der Waals surface area contributed by atoms with Crippen molar-refractivity contribution in [1.82, 2.24) is 15.1 Å². The number of carbonyl (C=O) groups is 4. The number of nitrogens with one attached hydrogen (secondary N) is 1. The molecule has 0 rings (SSSR count). The molecule has 0 aromatic carbocycles. The van der Waals surface area contributed by atoms with Crippen molar-refractivity contribution in [1.29, 1.82) is 0 Å². The molecular formula is C74H131N3O6. The minimum Gasteiger partial charge on any atom is -0.465 e. The third kappa shape index (κ3) is 46.0. The van der Waals surface area contributed by atoms with Crippen LogP contribution < -0.4 is 5.32 Å². The standard InChI is InChI=1S/C74H131N3O6/c1-9-17-19-21-23-25-27-29-31-33-34-35-36-38-40-42-44-46-48-58-70(78)77(65-51-50-64-76(15-7)16-8)74(61-52-59-71(79)82-66-68(54-11-3)55-12-4,62-53-60-72(80)83-67-69(56-13-5)57-14-6)73(81)75-63-49-47-45-43-41-39-37-32-30-28-26-24-22-20-18-10-2/h17,19,23,25,29-32,34-35,38,40,44,46,68-69H,9-16,18,20-22,24,26-28,33,36-37,39,41-43,45,47-67H2,1-8H3,(H,75,81)/b19-17-,25-23-,31-29-,32-30-,35-34-,40-38-,46-44-. The minimum absolute atomic E-state index is 0.0612. The van der Waals surface area contributed by atoms with Crippen molar-refractivity contribution in [3.63, 3.8) is 0 Å². The number of allylic oxidation sites excluding steroid dienone is 14. The van der Waals surface area contributed by atoms with Crippen molar-refractivity contribution in [2.45, 2.75) is 305 Å². The van der Waals surface area contributed by atoms with Gasteiger partial charge in [0.05, 0.1) is 13.2 Å². The van der Waals surface area contributed by atoms with Crippen LogP contribution in [0.2, 0.25) is 0 Å². The highest BCUT2D eigenvalue weighted by molar-refractivity contribution is 5.91. The van der Waals surface area contributed by atoms with Crippen LogP contribution in [-0.2, 0) is 28.7 Å². The number of amides is 2. The van der Waals surface area contributed by atoms with Gasteiger partial charge < -0.3 is 24.6 Å². The van der Waals surface area contributed by atoms with Crippen LogP contribution in [0.15, 0.2) is 85.1 Å². The Hall–Kier alpha value is -3.98. The summed E-state index contributed by atoms with van der Waals surface area (Å²) in [4.78, 5) is 61.7. The molecule has 0 unspecified atom stereocenters. The van der Waals surface area contributed by atoms with Crippen molar-refractivity contribution in [2.24, 2.45) is 11.8 Å². The molecule has 0 atom stereocenters. The van der Waals surface area contributed by atoms with Crippen molar-refractivity contribution in [2.75, 3.05) is 45.9 Å². The molecule has 0 aliphatic heterocycles. The number of hydrogen-bond donors (Lipinski definition) is 1. The van der Waals surface area contributed by atoms with E-state index < -0.39 is 5.54 Å². The molecule has 0 aromatic heterocycles. The second kappa shape index (κ2) is 59.7. The Balaban J connectivity index is 6.52. The number of carbonyl (C=O) groups excluding carboxylic acids is 4. The Bertz CT molecular complexity index is 1690. The van der Waals surface area contributed by atoms with Gasteiger partial charge in [0.15, 0.2) is 0 Å². The van der Waals surface area contributed by atoms with E-state index in [1.54, 1.807) is 0 Å². The topological polar surface area (TPSA) is 105 Å². The lowest BCUT2D eigenvalue weighted by atomic mass is 9.83. The summed E-state index contributed by atoms with van der Waals surface area (Å²) in [6, 6.07) is 0. The monoisotopic (exact) mass is 1160 g/mol. The lowest BCUT2D eigenvalue weighted by molar-refractivity contribution is -0.151. The second-order valence-corrected chi connectivity index (χ2v) is 23.4. The van der Waals surface area contributed by atoms with E-state index >= 15 is 9.59 Å². The van der Waals surface area contributed by atoms with Gasteiger partial charge in [0, 0.05) is 32.4 Å². The van der Waals surface area contributed by atoms with Gasteiger partial charge in [-0.15, -0.1) is 0 Å². The second-order valence-electron chi connectivity index (χ2n) is 23.4. The molecule has 0 heterocycles. The predicted molar refractivity (Wildman–Crippen MR) is 358 cm³/mol. The summed E-state index contributed by atoms with van der Waals surface area (Å²) in [5.41, 5.74) is -1.26. The average molecular weight is 1160 g/mol. The summed E-state index contributed by atoms with van der Waals surface area (Å²) < 4.78 is 11.8. The van der Waals surface area contributed by atoms with Gasteiger partial charge in [-0.05, 0) is 173 Å². The van der Waals surface area contributed by atoms with E-state index in [-0.39, 0.29) is 43.0 Å². The molecule has 0 saturated heterocycles. The highest BCUT2D eigenvalue weighted by Gasteiger charge is 2.45. The Morgan fingerprint density at radius 2 is 0.807 bits per heavy atom. The molecular weight excluding hydrogens is 1030 g/mol. The van der Waals surface area contributed by atoms with Crippen LogP contribution in [0.5, 0.6) is 0 Å². The summed E-state index contributed by atoms with van der Waals surface area (Å²) in [6.45, 7) is 22.0. The molecule has 0 spiro atoms. The van der Waals surface area contributed by atoms with Gasteiger partial charge >= 0.3 is 11.9 Å². The van der Waals surface area contributed by atoms with Gasteiger partial charge in [0.1, 0.15) is 5.54 Å². The molecule has 9 nitrogen and oxygen atoms in total. The number of hydrogen-bond acceptors (Lipinski definition) is 7. The molecule has 9 heteroatoms. The smallest absolute Gasteiger partial charge is 0.305 e. The van der Waals surface area contributed by atoms with Gasteiger partial charge in [-0.25, -0.2) is 0 Å². The fraction of sp³-hybridized carbons (Fsp3) is 0.757. The Morgan fingerprint density at radius 3 is 1.24 bits per heavy atom. The Kier molecular flexibility index (Phi) is 56.9. The van der Waals surface area contributed by atoms with Crippen LogP contribution in [0.1, 0.15) is 299 Å². The molecule has 2 amide bonds. The number of rotatable bonds is 59. The first-order valence-corrected chi connectivity index (χ1v) is 34.8. The Morgan fingerprint density at radius 1 is 0.410 bits per heavy atom. The quantitative estimate of drug-likeness (QED) is 0.0367. The van der Waals surface area contributed by atoms with Crippen LogP contribution in [0.3, 0.4) is 0 Å². The molecule has 0 radical (unpaired) electrons. The highest BCUT2D eigenvalue weighted by atomic mass is 16.5. The molecule has 0 saturated carbocycles. The summed E-state index contributed by atoms with van der Waals surface area (Å²) in [6.07, 6.45) is 66.0. The van der Waals surface area contributed by atoms with Crippen LogP contribution in [0.25, 0.3) is 0 Å². The zero-order chi connectivity index (χ0) is 61.0. The SMILES string of the molecule is CC/C=C\C/C=C\C/C=C\C/C=C\C/C=C\C/C=C\CCC(=O)N(CCCCN(CC)CC)C(CCCC(=O)OCC(CCC)CCC)(CCCC(=O)OCC(CCC)CCC)C(=O)NCCCCCCCC/C=C\CCCCCCCC. The molecule has 83 heavy (non-hydrogen) atoms. The van der Waals surface area contributed by atoms with E-state index in [2.05, 4.69) is 151 Å². The van der Waals surface area contributed by atoms with E-state index in [4.69, 9.17) is 9.47 Å². The van der Waals surface area contributed by atoms with Crippen molar-refractivity contribution in [3.8, 4) is 0 Å². The maximum absolute atomic E-state index is 15.3. The molecule has 1 N–H and O–H groups in total. The molecule has 0 aromatic rings. The first kappa shape index (κ1) is 79.0. The van der Waals surface area contributed by atoms with E-state index in [0.29, 0.717) is 70.2 Å². The summed E-state index contributed by atoms with van der Waals surface area (Å²) in [5, 5.41) is 3.36. The number of nitrogens with zero attached hydrogens (tertiary/aromatic N) is 2. The van der Waals surface area contributed by atoms with Crippen molar-refractivity contribution in [3.05, 3.63) is 85.1 Å². The van der Waals surface area contributed by atoms with Crippen LogP contribution in [0, 0.1) is 11.8 Å². The summed E-state index contributed by atoms with van der Waals surface area (Å²) >= 11 is 0. The lowest BCUT2D eigenvalue weighted by Gasteiger charge is -2.43. The number of esters is 2. The van der Waals surface area contributed by atoms with Gasteiger partial charge in [-0.1, -0.05) is 224 Å². The van der Waals surface area contributed by atoms with E-state index in [0.717, 1.165) is 148 Å². The fourth-order valence-corrected chi connectivity index (χ4v) is 11.1. The maximum atomic E-state index is 15.3. The number of unbranched alkanes of at least 4 members (excludes halogenated alkanes) is 13. The average Bonchev–Trinajstić information content (AvgIpc) is 3.30. The van der Waals surface area contributed by atoms with Gasteiger partial charge in [0.25, 0.3) is 0 Å². The van der Waals surface area contributed by atoms with E-state index in [1.807, 2.05) is 4.90 Å². The van der Waals surface area contributed by atoms with Gasteiger partial charge in [-0.3, -0.25) is 19.2 Å². The number of ether oxygens (including phenoxy) is 2. The third-order valence-electron chi connectivity index (χ3n) is 16.0. The molecule has 478 valence electrons. The maximum Gasteiger partial charge on any atom is 0.305 e. The van der Waals surface area contributed by atoms with E-state index in [1.165, 1.54) is 64.2 Å². The van der Waals surface area contributed by atoms with Crippen LogP contribution in [0.4, 0.5) is 0 Å². The van der Waals surface area contributed by atoms with Gasteiger partial charge in [-0.2, -0.15) is 0 Å². The lowest BCUT2D eigenvalue weighted by Crippen LogP contribution is -2.61. The zero-order valence-electron chi connectivity index (χ0n) is 55.4. The largest absolute Gasteiger partial charge is 0.465 e. The molecule has 0 fully saturated rings. The fourth-order valence-electron chi connectivity index (χ4n) is 11.1. The molecule has 0 aliphatic rings. The summed E-state index contributed by atoms with van der Waals surface area (Å²) in [7, 11) is 0. The van der Waals surface area contributed by atoms with Crippen LogP contribution >= 0.6 is 0 Å². The Labute approximate surface area is 512 Å². The van der Waals surface area contributed by atoms with Crippen molar-refractivity contribution < 1.29 is 28.7 Å².